The zero-order valence-corrected chi connectivity index (χ0v) is 14.7. The predicted octanol–water partition coefficient (Wildman–Crippen LogP) is 4.55. The first-order valence-corrected chi connectivity index (χ1v) is 9.44. The second kappa shape index (κ2) is 8.15. The van der Waals surface area contributed by atoms with Gasteiger partial charge in [0.05, 0.1) is 11.0 Å². The van der Waals surface area contributed by atoms with Gasteiger partial charge in [0.15, 0.2) is 5.44 Å². The van der Waals surface area contributed by atoms with Gasteiger partial charge in [0.2, 0.25) is 9.84 Å². The third-order valence-corrected chi connectivity index (χ3v) is 5.83. The summed E-state index contributed by atoms with van der Waals surface area (Å²) in [7, 11) is -3.43. The van der Waals surface area contributed by atoms with Gasteiger partial charge in [-0.1, -0.05) is 43.1 Å². The third kappa shape index (κ3) is 4.57. The summed E-state index contributed by atoms with van der Waals surface area (Å²) < 4.78 is 31.9. The van der Waals surface area contributed by atoms with Crippen LogP contribution in [0.1, 0.15) is 46.5 Å². The average Bonchev–Trinajstić information content (AvgIpc) is 2.43. The first-order chi connectivity index (χ1) is 9.45. The van der Waals surface area contributed by atoms with Crippen LogP contribution in [-0.2, 0) is 14.6 Å². The van der Waals surface area contributed by atoms with E-state index in [0.717, 1.165) is 23.7 Å². The Labute approximate surface area is 130 Å². The molecule has 20 heavy (non-hydrogen) atoms. The van der Waals surface area contributed by atoms with Crippen LogP contribution in [0, 0.1) is 0 Å². The Bertz CT molecular complexity index is 496. The zero-order chi connectivity index (χ0) is 15.2. The SMILES string of the molecule is CCCC(CC)OC(CC)S(=O)(=O)c1ccc(Br)cc1. The number of ether oxygens (including phenoxy) is 1. The molecule has 0 aliphatic rings. The smallest absolute Gasteiger partial charge is 0.205 e. The van der Waals surface area contributed by atoms with E-state index in [-0.39, 0.29) is 6.10 Å². The van der Waals surface area contributed by atoms with Gasteiger partial charge in [0.25, 0.3) is 0 Å². The van der Waals surface area contributed by atoms with Crippen LogP contribution < -0.4 is 0 Å². The van der Waals surface area contributed by atoms with Crippen molar-refractivity contribution in [1.82, 2.24) is 0 Å². The molecule has 0 N–H and O–H groups in total. The van der Waals surface area contributed by atoms with Crippen LogP contribution in [0.15, 0.2) is 33.6 Å². The van der Waals surface area contributed by atoms with Crippen LogP contribution in [0.5, 0.6) is 0 Å². The molecule has 0 saturated carbocycles. The van der Waals surface area contributed by atoms with Crippen molar-refractivity contribution >= 4 is 25.8 Å². The van der Waals surface area contributed by atoms with Crippen LogP contribution in [0.3, 0.4) is 0 Å². The lowest BCUT2D eigenvalue weighted by atomic mass is 10.1. The van der Waals surface area contributed by atoms with E-state index in [1.165, 1.54) is 0 Å². The quantitative estimate of drug-likeness (QED) is 0.680. The molecule has 0 aliphatic carbocycles. The van der Waals surface area contributed by atoms with Crippen molar-refractivity contribution in [2.24, 2.45) is 0 Å². The van der Waals surface area contributed by atoms with E-state index in [9.17, 15) is 8.42 Å². The maximum absolute atomic E-state index is 12.6. The number of hydrogen-bond donors (Lipinski definition) is 0. The highest BCUT2D eigenvalue weighted by molar-refractivity contribution is 9.10. The lowest BCUT2D eigenvalue weighted by molar-refractivity contribution is 0.0207. The molecule has 1 aromatic rings. The van der Waals surface area contributed by atoms with Gasteiger partial charge in [-0.2, -0.15) is 0 Å². The van der Waals surface area contributed by atoms with Crippen LogP contribution in [-0.4, -0.2) is 20.0 Å². The fourth-order valence-electron chi connectivity index (χ4n) is 2.07. The molecule has 0 fully saturated rings. The molecule has 3 nitrogen and oxygen atoms in total. The third-order valence-electron chi connectivity index (χ3n) is 3.23. The van der Waals surface area contributed by atoms with E-state index >= 15 is 0 Å². The van der Waals surface area contributed by atoms with E-state index in [1.54, 1.807) is 24.3 Å². The number of rotatable bonds is 8. The lowest BCUT2D eigenvalue weighted by Gasteiger charge is -2.23. The standard InChI is InChI=1S/C15H23BrO3S/c1-4-7-13(5-2)19-15(6-3)20(17,18)14-10-8-12(16)9-11-14/h8-11,13,15H,4-7H2,1-3H3. The molecule has 0 spiro atoms. The van der Waals surface area contributed by atoms with Gasteiger partial charge in [-0.25, -0.2) is 8.42 Å². The van der Waals surface area contributed by atoms with Crippen molar-refractivity contribution < 1.29 is 13.2 Å². The Kier molecular flexibility index (Phi) is 7.20. The molecule has 0 amide bonds. The normalized spacial score (nSPS) is 15.0. The second-order valence-corrected chi connectivity index (χ2v) is 7.79. The van der Waals surface area contributed by atoms with Crippen LogP contribution in [0.25, 0.3) is 0 Å². The first kappa shape index (κ1) is 17.7. The van der Waals surface area contributed by atoms with E-state index in [4.69, 9.17) is 4.74 Å². The Morgan fingerprint density at radius 1 is 1.10 bits per heavy atom. The molecule has 0 aliphatic heterocycles. The molecule has 1 rings (SSSR count). The van der Waals surface area contributed by atoms with E-state index in [1.807, 2.05) is 13.8 Å². The predicted molar refractivity (Wildman–Crippen MR) is 85.5 cm³/mol. The number of sulfone groups is 1. The summed E-state index contributed by atoms with van der Waals surface area (Å²) in [6.45, 7) is 5.95. The van der Waals surface area contributed by atoms with Gasteiger partial charge in [-0.05, 0) is 43.5 Å². The van der Waals surface area contributed by atoms with E-state index in [2.05, 4.69) is 22.9 Å². The molecule has 2 unspecified atom stereocenters. The van der Waals surface area contributed by atoms with Crippen molar-refractivity contribution in [3.05, 3.63) is 28.7 Å². The summed E-state index contributed by atoms with van der Waals surface area (Å²) in [4.78, 5) is 0.318. The molecule has 114 valence electrons. The minimum absolute atomic E-state index is 0.00942. The Morgan fingerprint density at radius 3 is 2.15 bits per heavy atom. The summed E-state index contributed by atoms with van der Waals surface area (Å²) in [5, 5.41) is 0. The second-order valence-electron chi connectivity index (χ2n) is 4.79. The first-order valence-electron chi connectivity index (χ1n) is 7.10. The van der Waals surface area contributed by atoms with Crippen molar-refractivity contribution in [2.45, 2.75) is 62.9 Å². The highest BCUT2D eigenvalue weighted by Gasteiger charge is 2.28. The van der Waals surface area contributed by atoms with Crippen molar-refractivity contribution in [3.8, 4) is 0 Å². The molecule has 1 aromatic carbocycles. The van der Waals surface area contributed by atoms with E-state index < -0.39 is 15.3 Å². The van der Waals surface area contributed by atoms with Gasteiger partial charge in [0, 0.05) is 4.47 Å². The molecular weight excluding hydrogens is 340 g/mol. The van der Waals surface area contributed by atoms with Crippen LogP contribution in [0.2, 0.25) is 0 Å². The molecule has 0 heterocycles. The molecule has 5 heteroatoms. The average molecular weight is 363 g/mol. The zero-order valence-electron chi connectivity index (χ0n) is 12.3. The molecule has 0 radical (unpaired) electrons. The fraction of sp³-hybridized carbons (Fsp3) is 0.600. The molecule has 0 aromatic heterocycles. The topological polar surface area (TPSA) is 43.4 Å². The van der Waals surface area contributed by atoms with Gasteiger partial charge >= 0.3 is 0 Å². The van der Waals surface area contributed by atoms with Gasteiger partial charge in [-0.3, -0.25) is 0 Å². The summed E-state index contributed by atoms with van der Waals surface area (Å²) >= 11 is 3.31. The highest BCUT2D eigenvalue weighted by Crippen LogP contribution is 2.24. The largest absolute Gasteiger partial charge is 0.359 e. The van der Waals surface area contributed by atoms with Crippen LogP contribution in [0.4, 0.5) is 0 Å². The maximum Gasteiger partial charge on any atom is 0.205 e. The maximum atomic E-state index is 12.6. The number of halogens is 1. The van der Waals surface area contributed by atoms with Crippen molar-refractivity contribution in [1.29, 1.82) is 0 Å². The Morgan fingerprint density at radius 2 is 1.70 bits per heavy atom. The molecule has 0 bridgehead atoms. The number of hydrogen-bond acceptors (Lipinski definition) is 3. The minimum Gasteiger partial charge on any atom is -0.359 e. The van der Waals surface area contributed by atoms with Crippen LogP contribution >= 0.6 is 15.9 Å². The fourth-order valence-corrected chi connectivity index (χ4v) is 3.90. The summed E-state index contributed by atoms with van der Waals surface area (Å²) in [6, 6.07) is 6.71. The van der Waals surface area contributed by atoms with Gasteiger partial charge in [-0.15, -0.1) is 0 Å². The summed E-state index contributed by atoms with van der Waals surface area (Å²) in [6.07, 6.45) is 3.18. The minimum atomic E-state index is -3.43. The molecule has 0 saturated heterocycles. The molecular formula is C15H23BrO3S. The van der Waals surface area contributed by atoms with Crippen molar-refractivity contribution in [3.63, 3.8) is 0 Å². The monoisotopic (exact) mass is 362 g/mol. The van der Waals surface area contributed by atoms with Gasteiger partial charge < -0.3 is 4.74 Å². The summed E-state index contributed by atoms with van der Waals surface area (Å²) in [5.41, 5.74) is -0.764. The number of benzene rings is 1. The Balaban J connectivity index is 2.94. The van der Waals surface area contributed by atoms with Gasteiger partial charge in [0.1, 0.15) is 0 Å². The Hall–Kier alpha value is -0.390. The van der Waals surface area contributed by atoms with E-state index in [0.29, 0.717) is 11.3 Å². The highest BCUT2D eigenvalue weighted by atomic mass is 79.9. The molecule has 2 atom stereocenters. The summed E-state index contributed by atoms with van der Waals surface area (Å²) in [5.74, 6) is 0. The van der Waals surface area contributed by atoms with Crippen molar-refractivity contribution in [2.75, 3.05) is 0 Å². The lowest BCUT2D eigenvalue weighted by Crippen LogP contribution is -2.29.